The monoisotopic (exact) mass is 202 g/mol. The van der Waals surface area contributed by atoms with Crippen LogP contribution in [0.3, 0.4) is 0 Å². The van der Waals surface area contributed by atoms with E-state index in [1.54, 1.807) is 0 Å². The van der Waals surface area contributed by atoms with Crippen LogP contribution in [0.1, 0.15) is 6.92 Å². The van der Waals surface area contributed by atoms with Crippen LogP contribution < -0.4 is 10.6 Å². The van der Waals surface area contributed by atoms with Crippen molar-refractivity contribution >= 4 is 5.57 Å². The number of fused-ring (bicyclic) bond motifs is 1. The van der Waals surface area contributed by atoms with Crippen LogP contribution in [0.2, 0.25) is 0 Å². The number of nitrogens with zero attached hydrogens (tertiary/aromatic N) is 2. The third-order valence-electron chi connectivity index (χ3n) is 2.37. The Morgan fingerprint density at radius 1 is 1.47 bits per heavy atom. The number of hydrogen-bond donors (Lipinski definition) is 0. The zero-order chi connectivity index (χ0) is 10.8. The Balaban J connectivity index is 2.58. The molecule has 4 nitrogen and oxygen atoms in total. The summed E-state index contributed by atoms with van der Waals surface area (Å²) in [7, 11) is 0. The van der Waals surface area contributed by atoms with Gasteiger partial charge in [0, 0.05) is 11.3 Å². The van der Waals surface area contributed by atoms with Crippen LogP contribution in [0.15, 0.2) is 41.5 Å². The third kappa shape index (κ3) is 1.79. The maximum atomic E-state index is 10.2. The minimum Gasteiger partial charge on any atom is -0.277 e. The molecule has 1 atom stereocenters. The summed E-state index contributed by atoms with van der Waals surface area (Å²) in [6.45, 7) is 1.93. The number of benzene rings is 1. The molecule has 15 heavy (non-hydrogen) atoms. The summed E-state index contributed by atoms with van der Waals surface area (Å²) in [5, 5.41) is 12.1. The zero-order valence-corrected chi connectivity index (χ0v) is 8.25. The SMILES string of the molecule is C[C@H]1N=c2ccccc2=C1/C=C/[N+](=O)[O-]. The Morgan fingerprint density at radius 2 is 2.20 bits per heavy atom. The fraction of sp³-hybridized carbons (Fsp3) is 0.182. The van der Waals surface area contributed by atoms with Gasteiger partial charge in [-0.2, -0.15) is 0 Å². The maximum Gasteiger partial charge on any atom is 0.234 e. The summed E-state index contributed by atoms with van der Waals surface area (Å²) in [4.78, 5) is 14.2. The number of para-hydroxylation sites is 1. The van der Waals surface area contributed by atoms with E-state index in [1.165, 1.54) is 6.08 Å². The molecule has 0 amide bonds. The van der Waals surface area contributed by atoms with Crippen LogP contribution in [0.25, 0.3) is 5.57 Å². The highest BCUT2D eigenvalue weighted by atomic mass is 16.6. The Bertz CT molecular complexity index is 546. The van der Waals surface area contributed by atoms with Crippen molar-refractivity contribution in [3.63, 3.8) is 0 Å². The quantitative estimate of drug-likeness (QED) is 0.522. The van der Waals surface area contributed by atoms with E-state index in [1.807, 2.05) is 31.2 Å². The van der Waals surface area contributed by atoms with Crippen molar-refractivity contribution in [2.75, 3.05) is 0 Å². The Hall–Kier alpha value is -1.97. The van der Waals surface area contributed by atoms with E-state index in [0.29, 0.717) is 0 Å². The van der Waals surface area contributed by atoms with Crippen molar-refractivity contribution in [1.29, 1.82) is 0 Å². The molecule has 0 N–H and O–H groups in total. The second kappa shape index (κ2) is 3.65. The molecule has 1 aliphatic rings. The second-order valence-corrected chi connectivity index (χ2v) is 3.38. The summed E-state index contributed by atoms with van der Waals surface area (Å²) in [5.74, 6) is 0. The minimum atomic E-state index is -0.458. The number of rotatable bonds is 2. The lowest BCUT2D eigenvalue weighted by molar-refractivity contribution is -0.402. The van der Waals surface area contributed by atoms with E-state index < -0.39 is 4.92 Å². The molecule has 1 aromatic carbocycles. The standard InChI is InChI=1S/C11H10N2O2/c1-8-9(6-7-13(14)15)10-4-2-3-5-11(10)12-8/h2-8H,1H3/b7-6+/t8-/m1/s1. The maximum absolute atomic E-state index is 10.2. The van der Waals surface area contributed by atoms with Crippen LogP contribution in [0.5, 0.6) is 0 Å². The molecule has 76 valence electrons. The van der Waals surface area contributed by atoms with Crippen molar-refractivity contribution in [3.8, 4) is 0 Å². The van der Waals surface area contributed by atoms with E-state index in [2.05, 4.69) is 4.99 Å². The van der Waals surface area contributed by atoms with Crippen LogP contribution >= 0.6 is 0 Å². The highest BCUT2D eigenvalue weighted by molar-refractivity contribution is 5.62. The first-order valence-electron chi connectivity index (χ1n) is 4.67. The van der Waals surface area contributed by atoms with Gasteiger partial charge in [-0.25, -0.2) is 0 Å². The molecule has 4 heteroatoms. The molecule has 0 aliphatic carbocycles. The van der Waals surface area contributed by atoms with Crippen LogP contribution in [-0.2, 0) is 0 Å². The van der Waals surface area contributed by atoms with Gasteiger partial charge in [0.05, 0.1) is 16.3 Å². The molecule has 0 saturated carbocycles. The highest BCUT2D eigenvalue weighted by Crippen LogP contribution is 2.09. The molecule has 0 bridgehead atoms. The van der Waals surface area contributed by atoms with Gasteiger partial charge in [-0.3, -0.25) is 15.1 Å². The number of hydrogen-bond acceptors (Lipinski definition) is 3. The predicted octanol–water partition coefficient (Wildman–Crippen LogP) is 0.649. The van der Waals surface area contributed by atoms with E-state index >= 15 is 0 Å². The lowest BCUT2D eigenvalue weighted by atomic mass is 10.1. The Morgan fingerprint density at radius 3 is 2.93 bits per heavy atom. The molecule has 0 fully saturated rings. The van der Waals surface area contributed by atoms with E-state index in [0.717, 1.165) is 22.3 Å². The van der Waals surface area contributed by atoms with Crippen molar-refractivity contribution in [3.05, 3.63) is 57.2 Å². The molecule has 2 rings (SSSR count). The van der Waals surface area contributed by atoms with Gasteiger partial charge in [0.2, 0.25) is 6.20 Å². The van der Waals surface area contributed by atoms with Crippen molar-refractivity contribution in [1.82, 2.24) is 0 Å². The molecule has 0 saturated heterocycles. The van der Waals surface area contributed by atoms with E-state index in [4.69, 9.17) is 0 Å². The number of nitro groups is 1. The van der Waals surface area contributed by atoms with Gasteiger partial charge >= 0.3 is 0 Å². The van der Waals surface area contributed by atoms with Crippen molar-refractivity contribution < 1.29 is 4.92 Å². The first kappa shape index (κ1) is 9.58. The van der Waals surface area contributed by atoms with Gasteiger partial charge in [0.25, 0.3) is 0 Å². The summed E-state index contributed by atoms with van der Waals surface area (Å²) in [6.07, 6.45) is 2.49. The fourth-order valence-corrected chi connectivity index (χ4v) is 1.70. The van der Waals surface area contributed by atoms with Crippen molar-refractivity contribution in [2.24, 2.45) is 4.99 Å². The van der Waals surface area contributed by atoms with E-state index in [-0.39, 0.29) is 6.04 Å². The molecule has 0 unspecified atom stereocenters. The molecule has 1 aliphatic heterocycles. The van der Waals surface area contributed by atoms with Gasteiger partial charge in [-0.05, 0) is 18.6 Å². The molecule has 1 heterocycles. The van der Waals surface area contributed by atoms with Gasteiger partial charge < -0.3 is 0 Å². The Kier molecular flexibility index (Phi) is 2.33. The van der Waals surface area contributed by atoms with Crippen molar-refractivity contribution in [2.45, 2.75) is 13.0 Å². The topological polar surface area (TPSA) is 55.5 Å². The van der Waals surface area contributed by atoms with Crippen LogP contribution in [0.4, 0.5) is 0 Å². The summed E-state index contributed by atoms with van der Waals surface area (Å²) in [6, 6.07) is 7.67. The lowest BCUT2D eigenvalue weighted by Gasteiger charge is -1.98. The highest BCUT2D eigenvalue weighted by Gasteiger charge is 2.12. The van der Waals surface area contributed by atoms with Gasteiger partial charge in [-0.1, -0.05) is 18.2 Å². The predicted molar refractivity (Wildman–Crippen MR) is 56.2 cm³/mol. The van der Waals surface area contributed by atoms with Gasteiger partial charge in [0.15, 0.2) is 0 Å². The smallest absolute Gasteiger partial charge is 0.234 e. The average molecular weight is 202 g/mol. The molecular formula is C11H10N2O2. The lowest BCUT2D eigenvalue weighted by Crippen LogP contribution is -2.21. The first-order chi connectivity index (χ1) is 7.18. The zero-order valence-electron chi connectivity index (χ0n) is 8.25. The normalized spacial score (nSPS) is 19.0. The average Bonchev–Trinajstić information content (AvgIpc) is 2.50. The largest absolute Gasteiger partial charge is 0.277 e. The molecule has 1 aromatic rings. The third-order valence-corrected chi connectivity index (χ3v) is 2.37. The van der Waals surface area contributed by atoms with Gasteiger partial charge in [0.1, 0.15) is 0 Å². The van der Waals surface area contributed by atoms with Crippen LogP contribution in [0, 0.1) is 10.1 Å². The molecule has 0 aromatic heterocycles. The summed E-state index contributed by atoms with van der Waals surface area (Å²) in [5.41, 5.74) is 0.905. The molecular weight excluding hydrogens is 192 g/mol. The second-order valence-electron chi connectivity index (χ2n) is 3.38. The van der Waals surface area contributed by atoms with Crippen LogP contribution in [-0.4, -0.2) is 11.0 Å². The molecule has 0 spiro atoms. The first-order valence-corrected chi connectivity index (χ1v) is 4.67. The minimum absolute atomic E-state index is 0.00130. The fourth-order valence-electron chi connectivity index (χ4n) is 1.70. The summed E-state index contributed by atoms with van der Waals surface area (Å²) >= 11 is 0. The Labute approximate surface area is 86.4 Å². The van der Waals surface area contributed by atoms with Gasteiger partial charge in [-0.15, -0.1) is 0 Å². The van der Waals surface area contributed by atoms with E-state index in [9.17, 15) is 10.1 Å². The molecule has 0 radical (unpaired) electrons. The summed E-state index contributed by atoms with van der Waals surface area (Å²) < 4.78 is 0.